The third kappa shape index (κ3) is 6.81. The van der Waals surface area contributed by atoms with Crippen LogP contribution in [-0.2, 0) is 5.41 Å². The van der Waals surface area contributed by atoms with E-state index < -0.39 is 5.41 Å². The van der Waals surface area contributed by atoms with Crippen molar-refractivity contribution in [1.29, 1.82) is 0 Å². The largest absolute Gasteiger partial charge is 0.310 e. The van der Waals surface area contributed by atoms with E-state index in [9.17, 15) is 0 Å². The fourth-order valence-electron chi connectivity index (χ4n) is 9.53. The van der Waals surface area contributed by atoms with Gasteiger partial charge in [-0.15, -0.1) is 11.3 Å². The fraction of sp³-hybridized carbons (Fsp3) is 0.0492. The minimum atomic E-state index is -0.531. The number of hydrogen-bond donors (Lipinski definition) is 0. The van der Waals surface area contributed by atoms with Crippen molar-refractivity contribution < 1.29 is 0 Å². The number of nitrogens with zero attached hydrogens (tertiary/aromatic N) is 1. The Hall–Kier alpha value is -7.52. The summed E-state index contributed by atoms with van der Waals surface area (Å²) < 4.78 is 2.57. The van der Waals surface area contributed by atoms with E-state index in [0.29, 0.717) is 0 Å². The van der Waals surface area contributed by atoms with E-state index in [1.807, 2.05) is 37.3 Å². The second-order valence-corrected chi connectivity index (χ2v) is 16.9. The third-order valence-electron chi connectivity index (χ3n) is 12.5. The molecule has 0 atom stereocenters. The van der Waals surface area contributed by atoms with Gasteiger partial charge in [-0.25, -0.2) is 0 Å². The van der Waals surface area contributed by atoms with Crippen molar-refractivity contribution in [2.24, 2.45) is 0 Å². The molecule has 0 N–H and O–H groups in total. The van der Waals surface area contributed by atoms with E-state index in [2.05, 4.69) is 230 Å². The van der Waals surface area contributed by atoms with Crippen LogP contribution in [0.3, 0.4) is 0 Å². The highest BCUT2D eigenvalue weighted by molar-refractivity contribution is 7.25. The number of anilines is 3. The summed E-state index contributed by atoms with van der Waals surface area (Å²) in [5, 5.41) is 2.54. The number of thiophene rings is 1. The SMILES string of the molecule is C=Cc1ccc(C2(c3ccc(C=C)cc3)c3ccccc3-c3cc(N(c4ccc(-c5ccccc5)cc4)c4ccc5sc6ccc(-c7ccccc7)cc6c5c4)ccc32)cc1.CC. The molecule has 0 saturated carbocycles. The molecule has 2 heteroatoms. The van der Waals surface area contributed by atoms with Gasteiger partial charge in [-0.3, -0.25) is 0 Å². The summed E-state index contributed by atoms with van der Waals surface area (Å²) in [6.07, 6.45) is 3.83. The lowest BCUT2D eigenvalue weighted by Gasteiger charge is -2.34. The number of fused-ring (bicyclic) bond motifs is 6. The van der Waals surface area contributed by atoms with Crippen LogP contribution >= 0.6 is 11.3 Å². The molecule has 0 radical (unpaired) electrons. The Morgan fingerprint density at radius 1 is 0.397 bits per heavy atom. The van der Waals surface area contributed by atoms with Crippen LogP contribution in [0.4, 0.5) is 17.1 Å². The van der Waals surface area contributed by atoms with Crippen molar-refractivity contribution in [3.05, 3.63) is 259 Å². The van der Waals surface area contributed by atoms with Gasteiger partial charge in [-0.05, 0) is 121 Å². The second-order valence-electron chi connectivity index (χ2n) is 15.8. The normalized spacial score (nSPS) is 12.2. The van der Waals surface area contributed by atoms with Gasteiger partial charge >= 0.3 is 0 Å². The van der Waals surface area contributed by atoms with Crippen molar-refractivity contribution in [2.45, 2.75) is 19.3 Å². The van der Waals surface area contributed by atoms with Crippen molar-refractivity contribution >= 4 is 60.7 Å². The maximum absolute atomic E-state index is 4.05. The Morgan fingerprint density at radius 3 is 1.48 bits per heavy atom. The first kappa shape index (κ1) is 39.6. The van der Waals surface area contributed by atoms with Gasteiger partial charge in [0.25, 0.3) is 0 Å². The van der Waals surface area contributed by atoms with E-state index in [4.69, 9.17) is 0 Å². The molecule has 1 aliphatic rings. The van der Waals surface area contributed by atoms with Gasteiger partial charge in [0.15, 0.2) is 0 Å². The maximum Gasteiger partial charge on any atom is 0.0713 e. The molecular weight excluding hydrogens is 779 g/mol. The molecule has 0 aliphatic heterocycles. The van der Waals surface area contributed by atoms with Crippen LogP contribution in [0.1, 0.15) is 47.2 Å². The zero-order valence-electron chi connectivity index (χ0n) is 35.6. The minimum absolute atomic E-state index is 0.531. The zero-order chi connectivity index (χ0) is 42.9. The highest BCUT2D eigenvalue weighted by Gasteiger charge is 2.46. The van der Waals surface area contributed by atoms with Crippen LogP contribution in [0, 0.1) is 0 Å². The first-order valence-electron chi connectivity index (χ1n) is 21.8. The minimum Gasteiger partial charge on any atom is -0.310 e. The number of benzene rings is 9. The highest BCUT2D eigenvalue weighted by Crippen LogP contribution is 2.57. The quantitative estimate of drug-likeness (QED) is 0.140. The van der Waals surface area contributed by atoms with E-state index in [1.54, 1.807) is 0 Å². The van der Waals surface area contributed by atoms with Gasteiger partial charge in [0, 0.05) is 37.2 Å². The standard InChI is InChI=1S/C59H41NS.C2H6/c1-3-40-19-26-46(27-20-40)59(47-28-21-41(4-2)22-29-47)55-18-12-11-17-51(55)52-38-49(32-34-56(52)59)60(48-30-23-44(24-31-48)42-13-7-5-8-14-42)50-33-36-58-54(39-50)53-37-45(25-35-57(53)61-58)43-15-9-6-10-16-43;1-2/h3-39H,1-2H2;1-2H3. The molecule has 9 aromatic carbocycles. The summed E-state index contributed by atoms with van der Waals surface area (Å²) in [4.78, 5) is 2.43. The predicted molar refractivity (Wildman–Crippen MR) is 274 cm³/mol. The van der Waals surface area contributed by atoms with Crippen LogP contribution in [0.25, 0.3) is 65.7 Å². The summed E-state index contributed by atoms with van der Waals surface area (Å²) in [5.74, 6) is 0. The van der Waals surface area contributed by atoms with Crippen LogP contribution in [-0.4, -0.2) is 0 Å². The molecule has 0 saturated heterocycles. The van der Waals surface area contributed by atoms with Crippen LogP contribution < -0.4 is 4.90 Å². The molecular formula is C61H47NS. The predicted octanol–water partition coefficient (Wildman–Crippen LogP) is 17.5. The van der Waals surface area contributed by atoms with Crippen molar-refractivity contribution in [1.82, 2.24) is 0 Å². The lowest BCUT2D eigenvalue weighted by molar-refractivity contribution is 0.768. The molecule has 1 heterocycles. The third-order valence-corrected chi connectivity index (χ3v) is 13.6. The van der Waals surface area contributed by atoms with E-state index in [1.165, 1.54) is 75.8 Å². The smallest absolute Gasteiger partial charge is 0.0713 e. The van der Waals surface area contributed by atoms with Gasteiger partial charge in [0.2, 0.25) is 0 Å². The van der Waals surface area contributed by atoms with Crippen molar-refractivity contribution in [3.8, 4) is 33.4 Å². The Kier molecular flexibility index (Phi) is 10.5. The Morgan fingerprint density at radius 2 is 0.857 bits per heavy atom. The van der Waals surface area contributed by atoms with Gasteiger partial charge in [0.1, 0.15) is 0 Å². The molecule has 1 aliphatic carbocycles. The lowest BCUT2D eigenvalue weighted by Crippen LogP contribution is -2.28. The Labute approximate surface area is 375 Å². The molecule has 0 fully saturated rings. The van der Waals surface area contributed by atoms with E-state index in [0.717, 1.165) is 28.2 Å². The van der Waals surface area contributed by atoms with Crippen molar-refractivity contribution in [2.75, 3.05) is 4.90 Å². The van der Waals surface area contributed by atoms with Crippen LogP contribution in [0.15, 0.2) is 225 Å². The lowest BCUT2D eigenvalue weighted by atomic mass is 9.67. The van der Waals surface area contributed by atoms with Gasteiger partial charge in [-0.1, -0.05) is 197 Å². The first-order chi connectivity index (χ1) is 31.1. The molecule has 0 bridgehead atoms. The van der Waals surface area contributed by atoms with Crippen molar-refractivity contribution in [3.63, 3.8) is 0 Å². The highest BCUT2D eigenvalue weighted by atomic mass is 32.1. The van der Waals surface area contributed by atoms with Crippen LogP contribution in [0.2, 0.25) is 0 Å². The monoisotopic (exact) mass is 825 g/mol. The summed E-state index contributed by atoms with van der Waals surface area (Å²) in [6, 6.07) is 78.1. The topological polar surface area (TPSA) is 3.24 Å². The van der Waals surface area contributed by atoms with Gasteiger partial charge in [0.05, 0.1) is 5.41 Å². The first-order valence-corrected chi connectivity index (χ1v) is 22.6. The van der Waals surface area contributed by atoms with E-state index >= 15 is 0 Å². The summed E-state index contributed by atoms with van der Waals surface area (Å²) in [7, 11) is 0. The average Bonchev–Trinajstić information content (AvgIpc) is 3.88. The molecule has 10 aromatic rings. The number of hydrogen-bond acceptors (Lipinski definition) is 2. The zero-order valence-corrected chi connectivity index (χ0v) is 36.4. The Balaban J connectivity index is 0.00000232. The summed E-state index contributed by atoms with van der Waals surface area (Å²) in [6.45, 7) is 12.1. The fourth-order valence-corrected chi connectivity index (χ4v) is 10.6. The second kappa shape index (κ2) is 16.7. The molecule has 1 nitrogen and oxygen atoms in total. The average molecular weight is 826 g/mol. The molecule has 0 spiro atoms. The Bertz CT molecular complexity index is 3200. The maximum atomic E-state index is 4.05. The molecule has 302 valence electrons. The summed E-state index contributed by atoms with van der Waals surface area (Å²) >= 11 is 1.86. The summed E-state index contributed by atoms with van der Waals surface area (Å²) in [5.41, 5.74) is 17.3. The molecule has 1 aromatic heterocycles. The molecule has 0 unspecified atom stereocenters. The van der Waals surface area contributed by atoms with Crippen LogP contribution in [0.5, 0.6) is 0 Å². The molecule has 63 heavy (non-hydrogen) atoms. The van der Waals surface area contributed by atoms with Gasteiger partial charge < -0.3 is 4.90 Å². The van der Waals surface area contributed by atoms with E-state index in [-0.39, 0.29) is 0 Å². The number of rotatable bonds is 9. The van der Waals surface area contributed by atoms with Gasteiger partial charge in [-0.2, -0.15) is 0 Å². The molecule has 11 rings (SSSR count). The molecule has 0 amide bonds.